The van der Waals surface area contributed by atoms with E-state index in [1.165, 1.54) is 19.1 Å². The highest BCUT2D eigenvalue weighted by Crippen LogP contribution is 2.31. The van der Waals surface area contributed by atoms with E-state index in [2.05, 4.69) is 10.6 Å². The van der Waals surface area contributed by atoms with Crippen LogP contribution in [0.5, 0.6) is 5.75 Å². The first kappa shape index (κ1) is 30.8. The fraction of sp³-hybridized carbons (Fsp3) is 0.577. The van der Waals surface area contributed by atoms with Gasteiger partial charge in [-0.05, 0) is 24.6 Å². The highest BCUT2D eigenvalue weighted by molar-refractivity contribution is 5.81. The van der Waals surface area contributed by atoms with E-state index in [1.54, 1.807) is 19.1 Å². The lowest BCUT2D eigenvalue weighted by atomic mass is 9.94. The molecule has 2 aliphatic heterocycles. The van der Waals surface area contributed by atoms with Crippen LogP contribution in [0, 0.1) is 6.92 Å². The second kappa shape index (κ2) is 12.8. The molecule has 3 heterocycles. The van der Waals surface area contributed by atoms with Crippen molar-refractivity contribution in [3.8, 4) is 5.75 Å². The van der Waals surface area contributed by atoms with Gasteiger partial charge in [0.1, 0.15) is 60.0 Å². The standard InChI is InChI=1S/C26H34N2O13/c1-10-6-18(33)38-15-7-13(4-5-14(10)15)37-25-20(28-12(3)32)23(36)24(17(9-30)40-25)41-26-19(27-11(2)31)22(35)21(34)16(8-29)39-26/h4-7,16-17,19-26,29-30,34-36H,8-9H2,1-3H3,(H,27,31)(H,28,32)/t16-,17-,19-,20-,21-,22+,23+,24-,25-,26+/m1/s1. The van der Waals surface area contributed by atoms with Crippen LogP contribution in [0.1, 0.15) is 19.4 Å². The zero-order valence-corrected chi connectivity index (χ0v) is 22.5. The van der Waals surface area contributed by atoms with Gasteiger partial charge in [0.05, 0.1) is 13.2 Å². The van der Waals surface area contributed by atoms with Gasteiger partial charge in [-0.15, -0.1) is 0 Å². The molecule has 226 valence electrons. The Kier molecular flexibility index (Phi) is 9.61. The normalized spacial score (nSPS) is 33.8. The molecular formula is C26H34N2O13. The first-order chi connectivity index (χ1) is 19.4. The summed E-state index contributed by atoms with van der Waals surface area (Å²) in [5, 5.41) is 57.5. The number of fused-ring (bicyclic) bond motifs is 1. The Morgan fingerprint density at radius 2 is 1.49 bits per heavy atom. The molecule has 0 unspecified atom stereocenters. The molecule has 7 N–H and O–H groups in total. The molecule has 0 radical (unpaired) electrons. The number of benzene rings is 1. The molecule has 2 saturated heterocycles. The Bertz CT molecular complexity index is 1300. The molecule has 2 fully saturated rings. The van der Waals surface area contributed by atoms with Crippen molar-refractivity contribution >= 4 is 22.8 Å². The number of aliphatic hydroxyl groups is 5. The number of carbonyl (C=O) groups excluding carboxylic acids is 2. The summed E-state index contributed by atoms with van der Waals surface area (Å²) in [7, 11) is 0. The maximum absolute atomic E-state index is 12.1. The molecule has 10 atom stereocenters. The molecule has 15 nitrogen and oxygen atoms in total. The van der Waals surface area contributed by atoms with Crippen molar-refractivity contribution in [2.45, 2.75) is 82.1 Å². The van der Waals surface area contributed by atoms with Crippen molar-refractivity contribution in [3.05, 3.63) is 40.2 Å². The van der Waals surface area contributed by atoms with Gasteiger partial charge in [-0.1, -0.05) is 0 Å². The number of carbonyl (C=O) groups is 2. The van der Waals surface area contributed by atoms with E-state index in [1.807, 2.05) is 0 Å². The number of nitrogens with one attached hydrogen (secondary N) is 2. The third-order valence-electron chi connectivity index (χ3n) is 6.94. The quantitative estimate of drug-likeness (QED) is 0.159. The van der Waals surface area contributed by atoms with Gasteiger partial charge < -0.3 is 59.5 Å². The van der Waals surface area contributed by atoms with Crippen LogP contribution in [0.4, 0.5) is 0 Å². The average molecular weight is 583 g/mol. The molecule has 0 aliphatic carbocycles. The number of amides is 2. The summed E-state index contributed by atoms with van der Waals surface area (Å²) in [6, 6.07) is 3.41. The predicted molar refractivity (Wildman–Crippen MR) is 137 cm³/mol. The summed E-state index contributed by atoms with van der Waals surface area (Å²) in [4.78, 5) is 35.7. The zero-order chi connectivity index (χ0) is 30.0. The zero-order valence-electron chi connectivity index (χ0n) is 22.5. The molecule has 1 aromatic heterocycles. The molecule has 15 heteroatoms. The monoisotopic (exact) mass is 582 g/mol. The van der Waals surface area contributed by atoms with Gasteiger partial charge >= 0.3 is 5.63 Å². The molecule has 2 aliphatic rings. The SMILES string of the molecule is CC(=O)N[C@H]1[C@H](O[C@H]2[C@@H](O)[C@@H](NC(C)=O)[C@H](Oc3ccc4c(C)cc(=O)oc4c3)O[C@@H]2CO)O[C@H](CO)[C@@H](O)[C@H]1O. The van der Waals surface area contributed by atoms with Crippen molar-refractivity contribution in [2.24, 2.45) is 0 Å². The maximum atomic E-state index is 12.1. The average Bonchev–Trinajstić information content (AvgIpc) is 2.90. The summed E-state index contributed by atoms with van der Waals surface area (Å²) < 4.78 is 28.5. The van der Waals surface area contributed by atoms with Crippen molar-refractivity contribution in [1.82, 2.24) is 10.6 Å². The van der Waals surface area contributed by atoms with Crippen LogP contribution in [-0.4, -0.2) is 112 Å². The van der Waals surface area contributed by atoms with E-state index < -0.39 is 91.9 Å². The number of hydrogen-bond donors (Lipinski definition) is 7. The Balaban J connectivity index is 1.61. The van der Waals surface area contributed by atoms with Crippen LogP contribution < -0.4 is 21.0 Å². The van der Waals surface area contributed by atoms with Crippen LogP contribution in [0.15, 0.2) is 33.5 Å². The molecule has 41 heavy (non-hydrogen) atoms. The minimum Gasteiger partial charge on any atom is -0.462 e. The largest absolute Gasteiger partial charge is 0.462 e. The van der Waals surface area contributed by atoms with Gasteiger partial charge in [-0.25, -0.2) is 4.79 Å². The van der Waals surface area contributed by atoms with Crippen LogP contribution in [0.3, 0.4) is 0 Å². The van der Waals surface area contributed by atoms with Crippen LogP contribution in [0.2, 0.25) is 0 Å². The molecule has 2 aromatic rings. The van der Waals surface area contributed by atoms with Gasteiger partial charge in [0, 0.05) is 31.4 Å². The predicted octanol–water partition coefficient (Wildman–Crippen LogP) is -2.61. The second-order valence-corrected chi connectivity index (χ2v) is 10.0. The van der Waals surface area contributed by atoms with E-state index in [9.17, 15) is 39.9 Å². The number of ether oxygens (including phenoxy) is 4. The first-order valence-electron chi connectivity index (χ1n) is 12.9. The van der Waals surface area contributed by atoms with Crippen molar-refractivity contribution in [2.75, 3.05) is 13.2 Å². The Morgan fingerprint density at radius 1 is 0.878 bits per heavy atom. The van der Waals surface area contributed by atoms with Crippen LogP contribution in [-0.2, 0) is 23.8 Å². The summed E-state index contributed by atoms with van der Waals surface area (Å²) in [5.41, 5.74) is 0.362. The lowest BCUT2D eigenvalue weighted by Crippen LogP contribution is -2.69. The first-order valence-corrected chi connectivity index (χ1v) is 12.9. The van der Waals surface area contributed by atoms with Crippen LogP contribution in [0.25, 0.3) is 11.0 Å². The van der Waals surface area contributed by atoms with Gasteiger partial charge in [-0.3, -0.25) is 9.59 Å². The number of rotatable bonds is 8. The third kappa shape index (κ3) is 6.68. The van der Waals surface area contributed by atoms with Crippen molar-refractivity contribution in [1.29, 1.82) is 0 Å². The van der Waals surface area contributed by atoms with E-state index in [0.717, 1.165) is 6.92 Å². The van der Waals surface area contributed by atoms with Gasteiger partial charge in [0.2, 0.25) is 18.1 Å². The van der Waals surface area contributed by atoms with Gasteiger partial charge in [0.25, 0.3) is 0 Å². The summed E-state index contributed by atoms with van der Waals surface area (Å²) >= 11 is 0. The molecule has 0 saturated carbocycles. The minimum atomic E-state index is -1.62. The lowest BCUT2D eigenvalue weighted by Gasteiger charge is -2.48. The van der Waals surface area contributed by atoms with Crippen molar-refractivity contribution < 1.29 is 58.5 Å². The summed E-state index contributed by atoms with van der Waals surface area (Å²) in [6.07, 6.45) is -11.7. The molecule has 0 spiro atoms. The fourth-order valence-corrected chi connectivity index (χ4v) is 4.98. The van der Waals surface area contributed by atoms with E-state index >= 15 is 0 Å². The smallest absolute Gasteiger partial charge is 0.336 e. The molecular weight excluding hydrogens is 548 g/mol. The Hall–Kier alpha value is -3.15. The Morgan fingerprint density at radius 3 is 2.10 bits per heavy atom. The summed E-state index contributed by atoms with van der Waals surface area (Å²) in [5.74, 6) is -0.985. The third-order valence-corrected chi connectivity index (χ3v) is 6.94. The molecule has 1 aromatic carbocycles. The highest BCUT2D eigenvalue weighted by Gasteiger charge is 2.52. The topological polar surface area (TPSA) is 226 Å². The number of aliphatic hydroxyl groups excluding tert-OH is 5. The molecule has 2 amide bonds. The van der Waals surface area contributed by atoms with Crippen molar-refractivity contribution in [3.63, 3.8) is 0 Å². The highest BCUT2D eigenvalue weighted by atomic mass is 16.7. The lowest BCUT2D eigenvalue weighted by molar-refractivity contribution is -0.325. The fourth-order valence-electron chi connectivity index (χ4n) is 4.98. The number of aryl methyl sites for hydroxylation is 1. The second-order valence-electron chi connectivity index (χ2n) is 10.0. The van der Waals surface area contributed by atoms with Gasteiger partial charge in [0.15, 0.2) is 6.29 Å². The number of hydrogen-bond acceptors (Lipinski definition) is 13. The minimum absolute atomic E-state index is 0.166. The molecule has 0 bridgehead atoms. The molecule has 4 rings (SSSR count). The summed E-state index contributed by atoms with van der Waals surface area (Å²) in [6.45, 7) is 2.71. The van der Waals surface area contributed by atoms with Gasteiger partial charge in [-0.2, -0.15) is 0 Å². The Labute approximate surface area is 233 Å². The van der Waals surface area contributed by atoms with E-state index in [4.69, 9.17) is 23.4 Å². The van der Waals surface area contributed by atoms with E-state index in [0.29, 0.717) is 10.9 Å². The van der Waals surface area contributed by atoms with E-state index in [-0.39, 0.29) is 11.3 Å². The van der Waals surface area contributed by atoms with Crippen LogP contribution >= 0.6 is 0 Å². The maximum Gasteiger partial charge on any atom is 0.336 e.